The van der Waals surface area contributed by atoms with Crippen LogP contribution in [0.5, 0.6) is 5.75 Å². The third kappa shape index (κ3) is 4.30. The summed E-state index contributed by atoms with van der Waals surface area (Å²) in [6, 6.07) is 6.97. The molecule has 0 unspecified atom stereocenters. The SMILES string of the molecule is COC(=O)C[C@H](NC(=O)c1ccccc1OC)C(=O)N1CCC[C@H]1C#N. The Morgan fingerprint density at radius 3 is 2.73 bits per heavy atom. The number of ether oxygens (including phenoxy) is 2. The van der Waals surface area contributed by atoms with Gasteiger partial charge >= 0.3 is 5.97 Å². The summed E-state index contributed by atoms with van der Waals surface area (Å²) < 4.78 is 9.78. The van der Waals surface area contributed by atoms with Crippen molar-refractivity contribution >= 4 is 17.8 Å². The largest absolute Gasteiger partial charge is 0.496 e. The van der Waals surface area contributed by atoms with Crippen molar-refractivity contribution in [3.05, 3.63) is 29.8 Å². The van der Waals surface area contributed by atoms with Crippen LogP contribution in [-0.2, 0) is 14.3 Å². The molecular weight excluding hydrogens is 338 g/mol. The molecule has 2 amide bonds. The highest BCUT2D eigenvalue weighted by Gasteiger charge is 2.35. The molecule has 0 saturated carbocycles. The van der Waals surface area contributed by atoms with E-state index in [1.54, 1.807) is 24.3 Å². The van der Waals surface area contributed by atoms with Crippen molar-refractivity contribution in [2.24, 2.45) is 0 Å². The molecule has 0 radical (unpaired) electrons. The van der Waals surface area contributed by atoms with Crippen molar-refractivity contribution < 1.29 is 23.9 Å². The van der Waals surface area contributed by atoms with Gasteiger partial charge in [0.2, 0.25) is 5.91 Å². The van der Waals surface area contributed by atoms with Gasteiger partial charge in [-0.1, -0.05) is 12.1 Å². The molecule has 1 aromatic rings. The molecule has 26 heavy (non-hydrogen) atoms. The molecule has 1 aliphatic heterocycles. The van der Waals surface area contributed by atoms with Crippen molar-refractivity contribution in [1.29, 1.82) is 5.26 Å². The lowest BCUT2D eigenvalue weighted by molar-refractivity contribution is -0.145. The molecule has 8 nitrogen and oxygen atoms in total. The molecule has 0 spiro atoms. The number of esters is 1. The molecule has 2 rings (SSSR count). The Morgan fingerprint density at radius 2 is 2.08 bits per heavy atom. The first kappa shape index (κ1) is 19.2. The molecule has 1 N–H and O–H groups in total. The fourth-order valence-corrected chi connectivity index (χ4v) is 2.88. The average molecular weight is 359 g/mol. The molecule has 0 aromatic heterocycles. The number of benzene rings is 1. The van der Waals surface area contributed by atoms with Gasteiger partial charge in [0.25, 0.3) is 5.91 Å². The number of hydrogen-bond acceptors (Lipinski definition) is 6. The number of nitrogens with zero attached hydrogens (tertiary/aromatic N) is 2. The standard InChI is InChI=1S/C18H21N3O5/c1-25-15-8-4-3-7-13(15)17(23)20-14(10-16(22)26-2)18(24)21-9-5-6-12(21)11-19/h3-4,7-8,12,14H,5-6,9-10H2,1-2H3,(H,20,23)/t12-,14-/m0/s1. The van der Waals surface area contributed by atoms with Crippen molar-refractivity contribution in [2.45, 2.75) is 31.3 Å². The van der Waals surface area contributed by atoms with E-state index in [9.17, 15) is 19.6 Å². The van der Waals surface area contributed by atoms with E-state index >= 15 is 0 Å². The highest BCUT2D eigenvalue weighted by atomic mass is 16.5. The fourth-order valence-electron chi connectivity index (χ4n) is 2.88. The van der Waals surface area contributed by atoms with Gasteiger partial charge in [0.05, 0.1) is 32.3 Å². The van der Waals surface area contributed by atoms with Crippen LogP contribution in [0, 0.1) is 11.3 Å². The minimum absolute atomic E-state index is 0.246. The summed E-state index contributed by atoms with van der Waals surface area (Å²) in [5, 5.41) is 11.8. The zero-order chi connectivity index (χ0) is 19.1. The summed E-state index contributed by atoms with van der Waals surface area (Å²) in [5.41, 5.74) is 0.246. The zero-order valence-electron chi connectivity index (χ0n) is 14.7. The molecule has 8 heteroatoms. The predicted octanol–water partition coefficient (Wildman–Crippen LogP) is 0.871. The van der Waals surface area contributed by atoms with E-state index in [0.29, 0.717) is 25.1 Å². The van der Waals surface area contributed by atoms with Gasteiger partial charge < -0.3 is 19.7 Å². The van der Waals surface area contributed by atoms with Crippen molar-refractivity contribution in [3.63, 3.8) is 0 Å². The second kappa shape index (κ2) is 8.85. The Kier molecular flexibility index (Phi) is 6.55. The van der Waals surface area contributed by atoms with Crippen LogP contribution in [0.1, 0.15) is 29.6 Å². The molecule has 2 atom stereocenters. The van der Waals surface area contributed by atoms with E-state index in [1.807, 2.05) is 0 Å². The third-order valence-electron chi connectivity index (χ3n) is 4.24. The summed E-state index contributed by atoms with van der Waals surface area (Å²) in [4.78, 5) is 38.5. The van der Waals surface area contributed by atoms with Crippen LogP contribution < -0.4 is 10.1 Å². The second-order valence-corrected chi connectivity index (χ2v) is 5.83. The molecule has 1 heterocycles. The zero-order valence-corrected chi connectivity index (χ0v) is 14.7. The number of likely N-dealkylation sites (tertiary alicyclic amines) is 1. The maximum atomic E-state index is 12.8. The third-order valence-corrected chi connectivity index (χ3v) is 4.24. The molecule has 1 fully saturated rings. The van der Waals surface area contributed by atoms with E-state index in [2.05, 4.69) is 16.1 Å². The van der Waals surface area contributed by atoms with Gasteiger partial charge in [-0.05, 0) is 25.0 Å². The summed E-state index contributed by atoms with van der Waals surface area (Å²) in [6.45, 7) is 0.416. The van der Waals surface area contributed by atoms with Crippen LogP contribution >= 0.6 is 0 Å². The van der Waals surface area contributed by atoms with Crippen molar-refractivity contribution in [2.75, 3.05) is 20.8 Å². The number of carbonyl (C=O) groups is 3. The van der Waals surface area contributed by atoms with E-state index < -0.39 is 29.9 Å². The van der Waals surface area contributed by atoms with E-state index in [-0.39, 0.29) is 12.0 Å². The number of methoxy groups -OCH3 is 2. The number of para-hydroxylation sites is 1. The molecule has 0 bridgehead atoms. The first-order valence-corrected chi connectivity index (χ1v) is 8.22. The maximum absolute atomic E-state index is 12.8. The van der Waals surface area contributed by atoms with Gasteiger partial charge in [0.1, 0.15) is 17.8 Å². The molecule has 1 aromatic carbocycles. The number of nitrogens with one attached hydrogen (secondary N) is 1. The van der Waals surface area contributed by atoms with Crippen LogP contribution in [-0.4, -0.2) is 55.5 Å². The van der Waals surface area contributed by atoms with E-state index in [4.69, 9.17) is 4.74 Å². The van der Waals surface area contributed by atoms with Crippen LogP contribution in [0.15, 0.2) is 24.3 Å². The monoisotopic (exact) mass is 359 g/mol. The summed E-state index contributed by atoms with van der Waals surface area (Å²) >= 11 is 0. The minimum atomic E-state index is -1.12. The van der Waals surface area contributed by atoms with Gasteiger partial charge in [-0.15, -0.1) is 0 Å². The maximum Gasteiger partial charge on any atom is 0.308 e. The molecule has 0 aliphatic carbocycles. The summed E-state index contributed by atoms with van der Waals surface area (Å²) in [6.07, 6.45) is 0.966. The Labute approximate surface area is 151 Å². The number of amides is 2. The van der Waals surface area contributed by atoms with Gasteiger partial charge in [-0.25, -0.2) is 0 Å². The molecular formula is C18H21N3O5. The minimum Gasteiger partial charge on any atom is -0.496 e. The Balaban J connectivity index is 2.21. The summed E-state index contributed by atoms with van der Waals surface area (Å²) in [7, 11) is 2.64. The molecule has 1 saturated heterocycles. The first-order valence-electron chi connectivity index (χ1n) is 8.22. The Morgan fingerprint density at radius 1 is 1.35 bits per heavy atom. The lowest BCUT2D eigenvalue weighted by Gasteiger charge is -2.26. The van der Waals surface area contributed by atoms with Gasteiger partial charge in [-0.2, -0.15) is 5.26 Å². The smallest absolute Gasteiger partial charge is 0.308 e. The van der Waals surface area contributed by atoms with Crippen molar-refractivity contribution in [3.8, 4) is 11.8 Å². The number of nitriles is 1. The van der Waals surface area contributed by atoms with Crippen LogP contribution in [0.25, 0.3) is 0 Å². The lowest BCUT2D eigenvalue weighted by Crippen LogP contribution is -2.50. The quantitative estimate of drug-likeness (QED) is 0.755. The van der Waals surface area contributed by atoms with Crippen LogP contribution in [0.2, 0.25) is 0 Å². The Hall–Kier alpha value is -3.08. The van der Waals surface area contributed by atoms with Crippen LogP contribution in [0.3, 0.4) is 0 Å². The summed E-state index contributed by atoms with van der Waals surface area (Å²) in [5.74, 6) is -1.29. The van der Waals surface area contributed by atoms with Gasteiger partial charge in [0.15, 0.2) is 0 Å². The van der Waals surface area contributed by atoms with Crippen molar-refractivity contribution in [1.82, 2.24) is 10.2 Å². The predicted molar refractivity (Wildman–Crippen MR) is 91.2 cm³/mol. The molecule has 138 valence electrons. The second-order valence-electron chi connectivity index (χ2n) is 5.83. The highest BCUT2D eigenvalue weighted by Crippen LogP contribution is 2.20. The van der Waals surface area contributed by atoms with Crippen LogP contribution in [0.4, 0.5) is 0 Å². The van der Waals surface area contributed by atoms with Gasteiger partial charge in [-0.3, -0.25) is 14.4 Å². The Bertz CT molecular complexity index is 728. The topological polar surface area (TPSA) is 109 Å². The molecule has 1 aliphatic rings. The fraction of sp³-hybridized carbons (Fsp3) is 0.444. The van der Waals surface area contributed by atoms with Gasteiger partial charge in [0, 0.05) is 6.54 Å². The average Bonchev–Trinajstić information content (AvgIpc) is 3.15. The number of hydrogen-bond donors (Lipinski definition) is 1. The number of rotatable bonds is 6. The van der Waals surface area contributed by atoms with E-state index in [1.165, 1.54) is 19.1 Å². The van der Waals surface area contributed by atoms with E-state index in [0.717, 1.165) is 0 Å². The first-order chi connectivity index (χ1) is 12.5. The lowest BCUT2D eigenvalue weighted by atomic mass is 10.1. The highest BCUT2D eigenvalue weighted by molar-refractivity contribution is 6.00. The normalized spacial score (nSPS) is 17.1. The number of carbonyl (C=O) groups excluding carboxylic acids is 3.